The second-order valence-corrected chi connectivity index (χ2v) is 7.16. The molecule has 2 N–H and O–H groups in total. The minimum Gasteiger partial charge on any atom is -0.334 e. The van der Waals surface area contributed by atoms with E-state index >= 15 is 0 Å². The second kappa shape index (κ2) is 9.21. The van der Waals surface area contributed by atoms with Crippen molar-refractivity contribution in [1.29, 1.82) is 0 Å². The number of rotatable bonds is 6. The van der Waals surface area contributed by atoms with Crippen LogP contribution < -0.4 is 10.6 Å². The first kappa shape index (κ1) is 20.9. The predicted molar refractivity (Wildman–Crippen MR) is 116 cm³/mol. The normalized spacial score (nSPS) is 11.7. The number of nitrogens with zero attached hydrogens (tertiary/aromatic N) is 6. The van der Waals surface area contributed by atoms with Gasteiger partial charge in [-0.1, -0.05) is 36.4 Å². The summed E-state index contributed by atoms with van der Waals surface area (Å²) in [6, 6.07) is 15.9. The summed E-state index contributed by atoms with van der Waals surface area (Å²) in [5.41, 5.74) is 1.61. The first-order valence-electron chi connectivity index (χ1n) is 9.97. The summed E-state index contributed by atoms with van der Waals surface area (Å²) in [6.45, 7) is 2.26. The molecule has 4 aromatic rings. The van der Waals surface area contributed by atoms with Gasteiger partial charge >= 0.3 is 11.8 Å². The lowest BCUT2D eigenvalue weighted by Crippen LogP contribution is -2.39. The van der Waals surface area contributed by atoms with Gasteiger partial charge in [-0.05, 0) is 24.6 Å². The zero-order valence-corrected chi connectivity index (χ0v) is 17.6. The average Bonchev–Trinajstić information content (AvgIpc) is 3.39. The monoisotopic (exact) mass is 430 g/mol. The Balaban J connectivity index is 1.46. The number of amides is 2. The number of anilines is 1. The van der Waals surface area contributed by atoms with Crippen LogP contribution in [0.5, 0.6) is 0 Å². The molecule has 0 fully saturated rings. The average molecular weight is 430 g/mol. The minimum atomic E-state index is -0.826. The summed E-state index contributed by atoms with van der Waals surface area (Å²) in [4.78, 5) is 29.5. The number of aromatic nitrogens is 6. The molecule has 0 saturated heterocycles. The Morgan fingerprint density at radius 3 is 2.47 bits per heavy atom. The molecule has 32 heavy (non-hydrogen) atoms. The number of pyridine rings is 1. The molecule has 3 heterocycles. The van der Waals surface area contributed by atoms with E-state index in [-0.39, 0.29) is 5.82 Å². The zero-order valence-electron chi connectivity index (χ0n) is 17.6. The number of hydrogen-bond donors (Lipinski definition) is 2. The van der Waals surface area contributed by atoms with E-state index in [0.29, 0.717) is 18.2 Å². The molecule has 1 aromatic carbocycles. The van der Waals surface area contributed by atoms with Gasteiger partial charge in [-0.3, -0.25) is 19.3 Å². The standard InChI is InChI=1S/C22H22N8O2/c1-15-26-27-20(29(15)2)19(16-8-4-3-5-9-16)25-22(32)21(31)24-18-11-13-30(28-18)14-17-10-6-7-12-23-17/h3-13,19H,14H2,1-2H3,(H,25,32)(H,24,28,31). The van der Waals surface area contributed by atoms with Crippen LogP contribution in [0.2, 0.25) is 0 Å². The highest BCUT2D eigenvalue weighted by molar-refractivity contribution is 6.39. The van der Waals surface area contributed by atoms with Gasteiger partial charge in [0.2, 0.25) is 0 Å². The van der Waals surface area contributed by atoms with Gasteiger partial charge in [0.25, 0.3) is 0 Å². The maximum atomic E-state index is 12.7. The molecule has 162 valence electrons. The third-order valence-corrected chi connectivity index (χ3v) is 4.93. The molecule has 0 aliphatic rings. The highest BCUT2D eigenvalue weighted by atomic mass is 16.2. The number of carbonyl (C=O) groups excluding carboxylic acids is 2. The van der Waals surface area contributed by atoms with E-state index in [2.05, 4.69) is 30.9 Å². The van der Waals surface area contributed by atoms with E-state index in [1.54, 1.807) is 34.8 Å². The Bertz CT molecular complexity index is 1220. The molecule has 0 aliphatic carbocycles. The first-order chi connectivity index (χ1) is 15.5. The molecule has 0 spiro atoms. The summed E-state index contributed by atoms with van der Waals surface area (Å²) in [5.74, 6) is -0.147. The highest BCUT2D eigenvalue weighted by Gasteiger charge is 2.25. The Morgan fingerprint density at radius 1 is 1.00 bits per heavy atom. The second-order valence-electron chi connectivity index (χ2n) is 7.16. The van der Waals surface area contributed by atoms with Crippen molar-refractivity contribution in [2.24, 2.45) is 7.05 Å². The lowest BCUT2D eigenvalue weighted by molar-refractivity contribution is -0.136. The predicted octanol–water partition coefficient (Wildman–Crippen LogP) is 1.61. The van der Waals surface area contributed by atoms with Crippen LogP contribution >= 0.6 is 0 Å². The van der Waals surface area contributed by atoms with Gasteiger partial charge in [0.15, 0.2) is 11.6 Å². The molecule has 0 aliphatic heterocycles. The number of carbonyl (C=O) groups is 2. The van der Waals surface area contributed by atoms with Crippen molar-refractivity contribution < 1.29 is 9.59 Å². The van der Waals surface area contributed by atoms with Crippen molar-refractivity contribution in [3.05, 3.63) is 89.9 Å². The fourth-order valence-electron chi connectivity index (χ4n) is 3.16. The smallest absolute Gasteiger partial charge is 0.314 e. The largest absolute Gasteiger partial charge is 0.334 e. The molecule has 1 atom stereocenters. The van der Waals surface area contributed by atoms with Gasteiger partial charge in [0, 0.05) is 25.5 Å². The summed E-state index contributed by atoms with van der Waals surface area (Å²) < 4.78 is 3.40. The Labute approximate surface area is 184 Å². The van der Waals surface area contributed by atoms with Crippen LogP contribution in [-0.4, -0.2) is 41.3 Å². The quantitative estimate of drug-likeness (QED) is 0.449. The van der Waals surface area contributed by atoms with Crippen molar-refractivity contribution in [3.8, 4) is 0 Å². The van der Waals surface area contributed by atoms with Crippen LogP contribution in [0.3, 0.4) is 0 Å². The third kappa shape index (κ3) is 4.69. The maximum absolute atomic E-state index is 12.7. The van der Waals surface area contributed by atoms with Crippen LogP contribution in [0.1, 0.15) is 28.9 Å². The van der Waals surface area contributed by atoms with E-state index in [9.17, 15) is 9.59 Å². The fourth-order valence-corrected chi connectivity index (χ4v) is 3.16. The minimum absolute atomic E-state index is 0.270. The summed E-state index contributed by atoms with van der Waals surface area (Å²) in [7, 11) is 1.81. The molecule has 3 aromatic heterocycles. The van der Waals surface area contributed by atoms with E-state index in [4.69, 9.17) is 0 Å². The number of hydrogen-bond acceptors (Lipinski definition) is 6. The van der Waals surface area contributed by atoms with Crippen molar-refractivity contribution >= 4 is 17.6 Å². The van der Waals surface area contributed by atoms with Crippen LogP contribution in [0.15, 0.2) is 67.0 Å². The maximum Gasteiger partial charge on any atom is 0.314 e. The van der Waals surface area contributed by atoms with Crippen LogP contribution in [0.25, 0.3) is 0 Å². The highest BCUT2D eigenvalue weighted by Crippen LogP contribution is 2.20. The SMILES string of the molecule is Cc1nnc(C(NC(=O)C(=O)Nc2ccn(Cc3ccccn3)n2)c2ccccc2)n1C. The number of nitrogens with one attached hydrogen (secondary N) is 2. The molecule has 10 nitrogen and oxygen atoms in total. The van der Waals surface area contributed by atoms with Gasteiger partial charge < -0.3 is 15.2 Å². The lowest BCUT2D eigenvalue weighted by atomic mass is 10.1. The van der Waals surface area contributed by atoms with Gasteiger partial charge in [-0.15, -0.1) is 10.2 Å². The molecular formula is C22H22N8O2. The van der Waals surface area contributed by atoms with Gasteiger partial charge in [-0.25, -0.2) is 0 Å². The van der Waals surface area contributed by atoms with Crippen LogP contribution in [0.4, 0.5) is 5.82 Å². The van der Waals surface area contributed by atoms with Crippen molar-refractivity contribution in [3.63, 3.8) is 0 Å². The third-order valence-electron chi connectivity index (χ3n) is 4.93. The van der Waals surface area contributed by atoms with E-state index in [0.717, 1.165) is 11.3 Å². The van der Waals surface area contributed by atoms with E-state index in [1.165, 1.54) is 0 Å². The topological polar surface area (TPSA) is 120 Å². The molecule has 10 heteroatoms. The Hall–Kier alpha value is -4.34. The summed E-state index contributed by atoms with van der Waals surface area (Å²) in [6.07, 6.45) is 3.41. The number of benzene rings is 1. The lowest BCUT2D eigenvalue weighted by Gasteiger charge is -2.18. The van der Waals surface area contributed by atoms with E-state index in [1.807, 2.05) is 55.5 Å². The zero-order chi connectivity index (χ0) is 22.5. The number of aryl methyl sites for hydroxylation is 1. The molecule has 1 unspecified atom stereocenters. The summed E-state index contributed by atoms with van der Waals surface area (Å²) >= 11 is 0. The fraction of sp³-hybridized carbons (Fsp3) is 0.182. The van der Waals surface area contributed by atoms with Gasteiger partial charge in [-0.2, -0.15) is 5.10 Å². The van der Waals surface area contributed by atoms with Crippen molar-refractivity contribution in [1.82, 2.24) is 34.8 Å². The molecule has 2 amide bonds. The molecule has 0 bridgehead atoms. The van der Waals surface area contributed by atoms with Gasteiger partial charge in [0.1, 0.15) is 11.9 Å². The molecular weight excluding hydrogens is 408 g/mol. The first-order valence-corrected chi connectivity index (χ1v) is 9.97. The van der Waals surface area contributed by atoms with Crippen LogP contribution in [0, 0.1) is 6.92 Å². The van der Waals surface area contributed by atoms with Crippen molar-refractivity contribution in [2.75, 3.05) is 5.32 Å². The van der Waals surface area contributed by atoms with Crippen LogP contribution in [-0.2, 0) is 23.2 Å². The Morgan fingerprint density at radius 2 is 1.78 bits per heavy atom. The molecule has 0 radical (unpaired) electrons. The van der Waals surface area contributed by atoms with Gasteiger partial charge in [0.05, 0.1) is 12.2 Å². The molecule has 4 rings (SSSR count). The Kier molecular flexibility index (Phi) is 6.02. The van der Waals surface area contributed by atoms with Crippen molar-refractivity contribution in [2.45, 2.75) is 19.5 Å². The summed E-state index contributed by atoms with van der Waals surface area (Å²) in [5, 5.41) is 17.8. The van der Waals surface area contributed by atoms with E-state index < -0.39 is 17.9 Å². The molecule has 0 saturated carbocycles.